The summed E-state index contributed by atoms with van der Waals surface area (Å²) in [5, 5.41) is 3.31. The average Bonchev–Trinajstić information content (AvgIpc) is 2.25. The predicted octanol–water partition coefficient (Wildman–Crippen LogP) is 4.55. The summed E-state index contributed by atoms with van der Waals surface area (Å²) in [7, 11) is 0. The Balaban J connectivity index is 2.65. The van der Waals surface area contributed by atoms with E-state index < -0.39 is 11.7 Å². The average molecular weight is 302 g/mol. The van der Waals surface area contributed by atoms with Gasteiger partial charge in [-0.25, -0.2) is 4.79 Å². The van der Waals surface area contributed by atoms with Crippen molar-refractivity contribution in [2.75, 3.05) is 11.1 Å². The Kier molecular flexibility index (Phi) is 6.01. The van der Waals surface area contributed by atoms with Crippen molar-refractivity contribution in [3.8, 4) is 0 Å². The molecule has 0 radical (unpaired) electrons. The first-order valence-electron chi connectivity index (χ1n) is 6.21. The number of benzene rings is 1. The number of halogens is 1. The van der Waals surface area contributed by atoms with E-state index in [1.807, 2.05) is 32.9 Å². The van der Waals surface area contributed by atoms with Crippen LogP contribution in [-0.2, 0) is 11.2 Å². The zero-order valence-electron chi connectivity index (χ0n) is 11.5. The van der Waals surface area contributed by atoms with Crippen molar-refractivity contribution in [1.82, 2.24) is 0 Å². The molecule has 1 N–H and O–H groups in total. The van der Waals surface area contributed by atoms with E-state index in [1.165, 1.54) is 0 Å². The fourth-order valence-corrected chi connectivity index (χ4v) is 1.95. The summed E-state index contributed by atoms with van der Waals surface area (Å²) >= 11 is 10.3. The Hall–Kier alpha value is -0.870. The normalized spacial score (nSPS) is 11.2. The van der Waals surface area contributed by atoms with E-state index in [4.69, 9.17) is 16.3 Å². The molecule has 0 atom stereocenters. The highest BCUT2D eigenvalue weighted by Gasteiger charge is 2.16. The number of hydrogen-bond donors (Lipinski definition) is 2. The zero-order chi connectivity index (χ0) is 14.5. The van der Waals surface area contributed by atoms with Gasteiger partial charge in [0, 0.05) is 10.7 Å². The van der Waals surface area contributed by atoms with Crippen LogP contribution in [-0.4, -0.2) is 17.4 Å². The molecule has 0 aliphatic rings. The van der Waals surface area contributed by atoms with E-state index in [9.17, 15) is 4.79 Å². The molecule has 1 aromatic carbocycles. The lowest BCUT2D eigenvalue weighted by Gasteiger charge is -2.19. The lowest BCUT2D eigenvalue weighted by atomic mass is 10.1. The van der Waals surface area contributed by atoms with Crippen molar-refractivity contribution in [2.24, 2.45) is 0 Å². The molecular weight excluding hydrogens is 282 g/mol. The van der Waals surface area contributed by atoms with Gasteiger partial charge in [-0.15, -0.1) is 0 Å². The number of thiol groups is 1. The molecule has 0 aliphatic carbocycles. The van der Waals surface area contributed by atoms with Gasteiger partial charge in [0.25, 0.3) is 0 Å². The summed E-state index contributed by atoms with van der Waals surface area (Å²) in [5.41, 5.74) is 1.18. The van der Waals surface area contributed by atoms with Gasteiger partial charge in [-0.2, -0.15) is 12.6 Å². The Morgan fingerprint density at radius 1 is 1.42 bits per heavy atom. The van der Waals surface area contributed by atoms with Crippen LogP contribution in [0.1, 0.15) is 32.8 Å². The second kappa shape index (κ2) is 7.06. The van der Waals surface area contributed by atoms with E-state index >= 15 is 0 Å². The highest BCUT2D eigenvalue weighted by atomic mass is 35.5. The summed E-state index contributed by atoms with van der Waals surface area (Å²) in [6.45, 7) is 5.46. The van der Waals surface area contributed by atoms with Crippen LogP contribution in [0, 0.1) is 0 Å². The quantitative estimate of drug-likeness (QED) is 0.801. The van der Waals surface area contributed by atoms with Gasteiger partial charge < -0.3 is 4.74 Å². The molecule has 0 aromatic heterocycles. The van der Waals surface area contributed by atoms with E-state index in [0.29, 0.717) is 10.7 Å². The summed E-state index contributed by atoms with van der Waals surface area (Å²) in [5.74, 6) is 0.828. The lowest BCUT2D eigenvalue weighted by molar-refractivity contribution is 0.0636. The van der Waals surface area contributed by atoms with Crippen molar-refractivity contribution >= 4 is 36.0 Å². The number of rotatable bonds is 4. The highest BCUT2D eigenvalue weighted by Crippen LogP contribution is 2.23. The van der Waals surface area contributed by atoms with Gasteiger partial charge in [0.1, 0.15) is 5.60 Å². The third kappa shape index (κ3) is 6.21. The zero-order valence-corrected chi connectivity index (χ0v) is 13.1. The number of anilines is 1. The van der Waals surface area contributed by atoms with Gasteiger partial charge in [-0.3, -0.25) is 5.32 Å². The SMILES string of the molecule is CC(C)(C)OC(=O)Nc1ccc(CCCS)c(Cl)c1. The standard InChI is InChI=1S/C14H20ClNO2S/c1-14(2,3)18-13(17)16-11-7-6-10(5-4-8-19)12(15)9-11/h6-7,9,19H,4-5,8H2,1-3H3,(H,16,17). The van der Waals surface area contributed by atoms with Crippen LogP contribution in [0.15, 0.2) is 18.2 Å². The molecule has 0 bridgehead atoms. The van der Waals surface area contributed by atoms with Gasteiger partial charge in [-0.05, 0) is 57.1 Å². The second-order valence-electron chi connectivity index (χ2n) is 5.26. The molecule has 0 spiro atoms. The molecule has 0 aliphatic heterocycles. The number of hydrogen-bond acceptors (Lipinski definition) is 3. The number of aryl methyl sites for hydroxylation is 1. The van der Waals surface area contributed by atoms with E-state index in [-0.39, 0.29) is 0 Å². The van der Waals surface area contributed by atoms with E-state index in [0.717, 1.165) is 24.2 Å². The van der Waals surface area contributed by atoms with Crippen LogP contribution in [0.3, 0.4) is 0 Å². The minimum Gasteiger partial charge on any atom is -0.444 e. The van der Waals surface area contributed by atoms with Crippen molar-refractivity contribution < 1.29 is 9.53 Å². The Labute approximate surface area is 125 Å². The molecule has 1 rings (SSSR count). The summed E-state index contributed by atoms with van der Waals surface area (Å²) < 4.78 is 5.17. The van der Waals surface area contributed by atoms with E-state index in [1.54, 1.807) is 6.07 Å². The Bertz CT molecular complexity index is 444. The van der Waals surface area contributed by atoms with Crippen LogP contribution in [0.2, 0.25) is 5.02 Å². The Morgan fingerprint density at radius 3 is 2.63 bits per heavy atom. The van der Waals surface area contributed by atoms with Crippen LogP contribution in [0.25, 0.3) is 0 Å². The van der Waals surface area contributed by atoms with Crippen molar-refractivity contribution in [2.45, 2.75) is 39.2 Å². The third-order valence-corrected chi connectivity index (χ3v) is 2.97. The fourth-order valence-electron chi connectivity index (χ4n) is 1.52. The van der Waals surface area contributed by atoms with Gasteiger partial charge in [-0.1, -0.05) is 17.7 Å². The van der Waals surface area contributed by atoms with Gasteiger partial charge in [0.15, 0.2) is 0 Å². The molecule has 0 unspecified atom stereocenters. The first kappa shape index (κ1) is 16.2. The van der Waals surface area contributed by atoms with Crippen molar-refractivity contribution in [3.63, 3.8) is 0 Å². The van der Waals surface area contributed by atoms with E-state index in [2.05, 4.69) is 17.9 Å². The molecule has 106 valence electrons. The highest BCUT2D eigenvalue weighted by molar-refractivity contribution is 7.80. The third-order valence-electron chi connectivity index (χ3n) is 2.30. The van der Waals surface area contributed by atoms with Crippen LogP contribution in [0.4, 0.5) is 10.5 Å². The molecule has 1 amide bonds. The van der Waals surface area contributed by atoms with Crippen LogP contribution >= 0.6 is 24.2 Å². The largest absolute Gasteiger partial charge is 0.444 e. The molecule has 19 heavy (non-hydrogen) atoms. The van der Waals surface area contributed by atoms with Crippen LogP contribution in [0.5, 0.6) is 0 Å². The first-order valence-corrected chi connectivity index (χ1v) is 7.22. The summed E-state index contributed by atoms with van der Waals surface area (Å²) in [4.78, 5) is 11.6. The number of carbonyl (C=O) groups excluding carboxylic acids is 1. The second-order valence-corrected chi connectivity index (χ2v) is 6.11. The van der Waals surface area contributed by atoms with Crippen molar-refractivity contribution in [1.29, 1.82) is 0 Å². The summed E-state index contributed by atoms with van der Waals surface area (Å²) in [6, 6.07) is 5.47. The maximum absolute atomic E-state index is 11.6. The Morgan fingerprint density at radius 2 is 2.11 bits per heavy atom. The summed E-state index contributed by atoms with van der Waals surface area (Å²) in [6.07, 6.45) is 1.38. The minimum absolute atomic E-state index is 0.480. The number of nitrogens with one attached hydrogen (secondary N) is 1. The monoisotopic (exact) mass is 301 g/mol. The molecule has 0 saturated carbocycles. The molecule has 5 heteroatoms. The van der Waals surface area contributed by atoms with Crippen molar-refractivity contribution in [3.05, 3.63) is 28.8 Å². The molecule has 0 fully saturated rings. The maximum Gasteiger partial charge on any atom is 0.412 e. The topological polar surface area (TPSA) is 38.3 Å². The number of ether oxygens (including phenoxy) is 1. The fraction of sp³-hybridized carbons (Fsp3) is 0.500. The molecule has 1 aromatic rings. The minimum atomic E-state index is -0.514. The lowest BCUT2D eigenvalue weighted by Crippen LogP contribution is -2.27. The van der Waals surface area contributed by atoms with Gasteiger partial charge >= 0.3 is 6.09 Å². The van der Waals surface area contributed by atoms with Crippen LogP contribution < -0.4 is 5.32 Å². The molecule has 0 heterocycles. The first-order chi connectivity index (χ1) is 8.81. The maximum atomic E-state index is 11.6. The predicted molar refractivity (Wildman–Crippen MR) is 83.5 cm³/mol. The molecular formula is C14H20ClNO2S. The van der Waals surface area contributed by atoms with Gasteiger partial charge in [0.2, 0.25) is 0 Å². The molecule has 3 nitrogen and oxygen atoms in total. The van der Waals surface area contributed by atoms with Gasteiger partial charge in [0.05, 0.1) is 0 Å². The number of amides is 1. The number of carbonyl (C=O) groups is 1. The smallest absolute Gasteiger partial charge is 0.412 e. The molecule has 0 saturated heterocycles.